The molecule has 4 heteroatoms. The number of thiophene rings is 1. The van der Waals surface area contributed by atoms with Gasteiger partial charge in [0.05, 0.1) is 0 Å². The summed E-state index contributed by atoms with van der Waals surface area (Å²) in [5.74, 6) is 0.519. The first-order valence-electron chi connectivity index (χ1n) is 9.99. The molecule has 0 aliphatic carbocycles. The highest BCUT2D eigenvalue weighted by Gasteiger charge is 2.27. The van der Waals surface area contributed by atoms with Crippen molar-refractivity contribution in [3.63, 3.8) is 0 Å². The molecule has 146 valence electrons. The molecule has 3 nitrogen and oxygen atoms in total. The van der Waals surface area contributed by atoms with Crippen molar-refractivity contribution < 1.29 is 5.11 Å². The first-order valence-corrected chi connectivity index (χ1v) is 10.9. The van der Waals surface area contributed by atoms with Gasteiger partial charge in [0.1, 0.15) is 6.10 Å². The summed E-state index contributed by atoms with van der Waals surface area (Å²) in [6.07, 6.45) is 4.05. The van der Waals surface area contributed by atoms with E-state index in [9.17, 15) is 5.11 Å². The van der Waals surface area contributed by atoms with Gasteiger partial charge >= 0.3 is 0 Å². The predicted octanol–water partition coefficient (Wildman–Crippen LogP) is 4.62. The van der Waals surface area contributed by atoms with E-state index < -0.39 is 6.10 Å². The molecule has 1 aliphatic rings. The Labute approximate surface area is 167 Å². The van der Waals surface area contributed by atoms with E-state index in [2.05, 4.69) is 78.4 Å². The maximum Gasteiger partial charge on any atom is 0.103 e. The van der Waals surface area contributed by atoms with Crippen LogP contribution in [0.1, 0.15) is 48.8 Å². The molecule has 1 aromatic carbocycles. The van der Waals surface area contributed by atoms with Gasteiger partial charge in [-0.25, -0.2) is 0 Å². The lowest BCUT2D eigenvalue weighted by Gasteiger charge is -2.39. The summed E-state index contributed by atoms with van der Waals surface area (Å²) in [6.45, 7) is 11.7. The molecule has 0 amide bonds. The summed E-state index contributed by atoms with van der Waals surface area (Å²) in [7, 11) is 0. The maximum absolute atomic E-state index is 10.8. The minimum Gasteiger partial charge on any atom is -0.386 e. The van der Waals surface area contributed by atoms with Gasteiger partial charge in [0, 0.05) is 43.6 Å². The molecule has 3 rings (SSSR count). The molecule has 2 unspecified atom stereocenters. The Balaban J connectivity index is 1.47. The number of hydrogen-bond donors (Lipinski definition) is 1. The van der Waals surface area contributed by atoms with Gasteiger partial charge in [-0.15, -0.1) is 11.3 Å². The van der Waals surface area contributed by atoms with Crippen molar-refractivity contribution in [2.75, 3.05) is 32.7 Å². The molecule has 0 saturated carbocycles. The van der Waals surface area contributed by atoms with E-state index in [1.807, 2.05) is 6.07 Å². The predicted molar refractivity (Wildman–Crippen MR) is 116 cm³/mol. The monoisotopic (exact) mass is 384 g/mol. The molecular weight excluding hydrogens is 352 g/mol. The van der Waals surface area contributed by atoms with Crippen LogP contribution in [0.3, 0.4) is 0 Å². The first-order chi connectivity index (χ1) is 13.0. The van der Waals surface area contributed by atoms with Crippen molar-refractivity contribution in [3.8, 4) is 0 Å². The highest BCUT2D eigenvalue weighted by atomic mass is 32.1. The number of rotatable bonds is 7. The van der Waals surface area contributed by atoms with Crippen LogP contribution in [0.2, 0.25) is 0 Å². The van der Waals surface area contributed by atoms with Gasteiger partial charge in [0.25, 0.3) is 0 Å². The summed E-state index contributed by atoms with van der Waals surface area (Å²) < 4.78 is 0. The summed E-state index contributed by atoms with van der Waals surface area (Å²) in [6, 6.07) is 12.8. The number of benzene rings is 1. The molecule has 0 bridgehead atoms. The van der Waals surface area contributed by atoms with Crippen molar-refractivity contribution in [1.29, 1.82) is 0 Å². The van der Waals surface area contributed by atoms with Crippen LogP contribution in [0.25, 0.3) is 6.08 Å². The summed E-state index contributed by atoms with van der Waals surface area (Å²) in [5, 5.41) is 13.0. The molecule has 1 aliphatic heterocycles. The third-order valence-corrected chi connectivity index (χ3v) is 6.53. The fraction of sp³-hybridized carbons (Fsp3) is 0.478. The molecule has 2 aromatic rings. The Kier molecular flexibility index (Phi) is 7.25. The van der Waals surface area contributed by atoms with E-state index in [0.29, 0.717) is 5.92 Å². The standard InChI is InChI=1S/C23H32N2OS/c1-18(2)21-16-22(27-17-21)23(26)19(3)25-14-12-24(13-15-25)11-7-10-20-8-5-4-6-9-20/h4-10,16-19,23,26H,11-15H2,1-3H3. The molecular formula is C23H32N2OS. The third kappa shape index (κ3) is 5.52. The topological polar surface area (TPSA) is 26.7 Å². The number of nitrogens with zero attached hydrogens (tertiary/aromatic N) is 2. The SMILES string of the molecule is CC(C)c1csc(C(O)C(C)N2CCN(CC=Cc3ccccc3)CC2)c1. The molecule has 1 aromatic heterocycles. The molecule has 27 heavy (non-hydrogen) atoms. The van der Waals surface area contributed by atoms with Crippen LogP contribution in [-0.4, -0.2) is 53.7 Å². The van der Waals surface area contributed by atoms with Gasteiger partial charge in [-0.2, -0.15) is 0 Å². The van der Waals surface area contributed by atoms with E-state index in [4.69, 9.17) is 0 Å². The van der Waals surface area contributed by atoms with Crippen molar-refractivity contribution in [2.45, 2.75) is 38.8 Å². The van der Waals surface area contributed by atoms with Gasteiger partial charge in [-0.05, 0) is 35.4 Å². The van der Waals surface area contributed by atoms with Gasteiger partial charge in [-0.1, -0.05) is 56.3 Å². The third-order valence-electron chi connectivity index (χ3n) is 5.51. The van der Waals surface area contributed by atoms with Crippen molar-refractivity contribution in [3.05, 3.63) is 63.9 Å². The molecule has 1 fully saturated rings. The molecule has 2 heterocycles. The second kappa shape index (κ2) is 9.65. The van der Waals surface area contributed by atoms with Crippen LogP contribution in [0.15, 0.2) is 47.9 Å². The summed E-state index contributed by atoms with van der Waals surface area (Å²) >= 11 is 1.69. The minimum absolute atomic E-state index is 0.158. The average Bonchev–Trinajstić information content (AvgIpc) is 3.19. The lowest BCUT2D eigenvalue weighted by molar-refractivity contribution is 0.0303. The zero-order chi connectivity index (χ0) is 19.2. The second-order valence-corrected chi connectivity index (χ2v) is 8.71. The Morgan fingerprint density at radius 1 is 1.07 bits per heavy atom. The molecule has 0 radical (unpaired) electrons. The summed E-state index contributed by atoms with van der Waals surface area (Å²) in [4.78, 5) is 6.01. The smallest absolute Gasteiger partial charge is 0.103 e. The lowest BCUT2D eigenvalue weighted by atomic mass is 10.0. The molecule has 1 N–H and O–H groups in total. The zero-order valence-corrected chi connectivity index (χ0v) is 17.5. The van der Waals surface area contributed by atoms with Crippen molar-refractivity contribution in [2.24, 2.45) is 0 Å². The van der Waals surface area contributed by atoms with Crippen molar-refractivity contribution >= 4 is 17.4 Å². The average molecular weight is 385 g/mol. The Bertz CT molecular complexity index is 717. The minimum atomic E-state index is -0.396. The zero-order valence-electron chi connectivity index (χ0n) is 16.7. The second-order valence-electron chi connectivity index (χ2n) is 7.77. The van der Waals surface area contributed by atoms with Crippen LogP contribution < -0.4 is 0 Å². The Hall–Kier alpha value is -1.46. The van der Waals surface area contributed by atoms with Crippen LogP contribution in [0.5, 0.6) is 0 Å². The fourth-order valence-electron chi connectivity index (χ4n) is 3.52. The van der Waals surface area contributed by atoms with Gasteiger partial charge < -0.3 is 5.11 Å². The quantitative estimate of drug-likeness (QED) is 0.754. The van der Waals surface area contributed by atoms with Crippen LogP contribution in [0.4, 0.5) is 0 Å². The van der Waals surface area contributed by atoms with Crippen LogP contribution >= 0.6 is 11.3 Å². The number of piperazine rings is 1. The summed E-state index contributed by atoms with van der Waals surface area (Å²) in [5.41, 5.74) is 2.58. The first kappa shape index (κ1) is 20.3. The van der Waals surface area contributed by atoms with E-state index in [1.165, 1.54) is 11.1 Å². The van der Waals surface area contributed by atoms with Gasteiger partial charge in [-0.3, -0.25) is 9.80 Å². The van der Waals surface area contributed by atoms with Gasteiger partial charge in [0.2, 0.25) is 0 Å². The lowest BCUT2D eigenvalue weighted by Crippen LogP contribution is -2.50. The highest BCUT2D eigenvalue weighted by molar-refractivity contribution is 7.10. The Morgan fingerprint density at radius 2 is 1.78 bits per heavy atom. The molecule has 1 saturated heterocycles. The number of aliphatic hydroxyl groups excluding tert-OH is 1. The molecule has 2 atom stereocenters. The largest absolute Gasteiger partial charge is 0.386 e. The van der Waals surface area contributed by atoms with E-state index in [-0.39, 0.29) is 6.04 Å². The van der Waals surface area contributed by atoms with Crippen LogP contribution in [-0.2, 0) is 0 Å². The van der Waals surface area contributed by atoms with E-state index in [0.717, 1.165) is 37.6 Å². The number of hydrogen-bond acceptors (Lipinski definition) is 4. The fourth-order valence-corrected chi connectivity index (χ4v) is 4.67. The van der Waals surface area contributed by atoms with E-state index in [1.54, 1.807) is 11.3 Å². The highest BCUT2D eigenvalue weighted by Crippen LogP contribution is 2.30. The normalized spacial score (nSPS) is 19.0. The van der Waals surface area contributed by atoms with Crippen molar-refractivity contribution in [1.82, 2.24) is 9.80 Å². The molecule has 0 spiro atoms. The van der Waals surface area contributed by atoms with E-state index >= 15 is 0 Å². The maximum atomic E-state index is 10.8. The Morgan fingerprint density at radius 3 is 2.41 bits per heavy atom. The van der Waals surface area contributed by atoms with Gasteiger partial charge in [0.15, 0.2) is 0 Å². The van der Waals surface area contributed by atoms with Crippen LogP contribution in [0, 0.1) is 0 Å². The number of aliphatic hydroxyl groups is 1.